The molecule has 2 fully saturated rings. The minimum Gasteiger partial charge on any atom is -0.508 e. The number of aliphatic imine (C=N–C) groups is 2. The van der Waals surface area contributed by atoms with Gasteiger partial charge in [-0.15, -0.1) is 0 Å². The van der Waals surface area contributed by atoms with E-state index in [1.54, 1.807) is 0 Å². The number of aliphatic hydroxyl groups is 1. The molecule has 2 saturated heterocycles. The predicted molar refractivity (Wildman–Crippen MR) is 244 cm³/mol. The number of nitrogens with one attached hydrogen (secondary N) is 6. The van der Waals surface area contributed by atoms with Crippen molar-refractivity contribution in [3.8, 4) is 11.5 Å². The number of guanidine groups is 2. The lowest BCUT2D eigenvalue weighted by Crippen LogP contribution is -2.60. The Labute approximate surface area is 386 Å². The third-order valence-corrected chi connectivity index (χ3v) is 11.2. The predicted octanol–water partition coefficient (Wildman–Crippen LogP) is -3.77. The molecule has 7 atom stereocenters. The molecule has 2 aliphatic heterocycles. The van der Waals surface area contributed by atoms with Crippen LogP contribution in [0.3, 0.4) is 0 Å². The molecule has 0 spiro atoms. The van der Waals surface area contributed by atoms with Gasteiger partial charge in [-0.2, -0.15) is 0 Å². The van der Waals surface area contributed by atoms with E-state index >= 15 is 0 Å². The van der Waals surface area contributed by atoms with E-state index in [0.717, 1.165) is 11.3 Å². The molecule has 0 radical (unpaired) electrons. The van der Waals surface area contributed by atoms with Gasteiger partial charge in [0.1, 0.15) is 47.8 Å². The Morgan fingerprint density at radius 2 is 1.12 bits per heavy atom. The molecule has 0 aliphatic carbocycles. The number of phenols is 2. The van der Waals surface area contributed by atoms with Gasteiger partial charge in [-0.05, 0) is 93.3 Å². The van der Waals surface area contributed by atoms with Gasteiger partial charge in [0.15, 0.2) is 11.9 Å². The largest absolute Gasteiger partial charge is 0.508 e. The number of hydrogen-bond acceptors (Lipinski definition) is 13. The van der Waals surface area contributed by atoms with Gasteiger partial charge in [0.2, 0.25) is 35.4 Å². The van der Waals surface area contributed by atoms with Crippen molar-refractivity contribution in [3.05, 3.63) is 59.7 Å². The summed E-state index contributed by atoms with van der Waals surface area (Å²) in [6.07, 6.45) is 2.00. The molecule has 2 aliphatic rings. The Kier molecular flexibility index (Phi) is 20.4. The molecule has 24 nitrogen and oxygen atoms in total. The molecule has 0 unspecified atom stereocenters. The monoisotopic (exact) mass is 937 g/mol. The molecule has 18 N–H and O–H groups in total. The standard InChI is InChI=1S/C43H63N13O11/c44-42(45)49-18-2-6-29(51-35(60)28-5-1-17-48-28)36(61)53-31(21-24-9-13-26(58)14-10-24)38(63)55-33(23-57)40(65)56-20-4-8-34(56)39(64)52-30(7-3-19-50-43(46)47)37(62)54-32(41(66)67)22-25-11-15-27(59)16-12-25/h9-16,28-34,48,57-59H,1-8,17-23H2,(H,51,60)(H,52,64)(H,53,61)(H,54,62)(H,55,63)(H,66,67)(H4,44,45,49)(H4,46,47,50)/t28-,29-,30-,31-,32-,33-,34-/m0/s1. The summed E-state index contributed by atoms with van der Waals surface area (Å²) in [5.41, 5.74) is 22.8. The zero-order valence-electron chi connectivity index (χ0n) is 37.1. The second-order valence-corrected chi connectivity index (χ2v) is 16.3. The molecule has 67 heavy (non-hydrogen) atoms. The average Bonchev–Trinajstić information content (AvgIpc) is 4.02. The molecule has 2 heterocycles. The second kappa shape index (κ2) is 26.1. The Bertz CT molecular complexity index is 2070. The Balaban J connectivity index is 1.51. The van der Waals surface area contributed by atoms with Crippen molar-refractivity contribution in [1.82, 2.24) is 36.8 Å². The van der Waals surface area contributed by atoms with Crippen LogP contribution in [0.5, 0.6) is 11.5 Å². The summed E-state index contributed by atoms with van der Waals surface area (Å²) in [5, 5.41) is 56.0. The molecule has 6 amide bonds. The number of carboxylic acid groups (broad SMARTS) is 1. The average molecular weight is 938 g/mol. The highest BCUT2D eigenvalue weighted by Crippen LogP contribution is 2.20. The fraction of sp³-hybridized carbons (Fsp3) is 0.512. The van der Waals surface area contributed by atoms with E-state index in [0.29, 0.717) is 30.5 Å². The van der Waals surface area contributed by atoms with Crippen LogP contribution in [0.25, 0.3) is 0 Å². The molecule has 24 heteroatoms. The van der Waals surface area contributed by atoms with Crippen LogP contribution in [0.1, 0.15) is 62.5 Å². The first-order valence-electron chi connectivity index (χ1n) is 22.0. The highest BCUT2D eigenvalue weighted by molar-refractivity contribution is 5.97. The van der Waals surface area contributed by atoms with Gasteiger partial charge in [0, 0.05) is 32.5 Å². The number of benzene rings is 2. The number of aliphatic carboxylic acids is 1. The van der Waals surface area contributed by atoms with E-state index in [-0.39, 0.29) is 88.0 Å². The van der Waals surface area contributed by atoms with Crippen molar-refractivity contribution in [3.63, 3.8) is 0 Å². The number of carbonyl (C=O) groups is 7. The summed E-state index contributed by atoms with van der Waals surface area (Å²) in [4.78, 5) is 104. The zero-order chi connectivity index (χ0) is 49.0. The molecule has 2 aromatic rings. The fourth-order valence-electron chi connectivity index (χ4n) is 7.64. The summed E-state index contributed by atoms with van der Waals surface area (Å²) in [5.74, 6) is -6.29. The summed E-state index contributed by atoms with van der Waals surface area (Å²) >= 11 is 0. The number of phenolic OH excluding ortho intramolecular Hbond substituents is 2. The highest BCUT2D eigenvalue weighted by Gasteiger charge is 2.40. The number of hydrogen-bond donors (Lipinski definition) is 14. The molecular weight excluding hydrogens is 875 g/mol. The fourth-order valence-corrected chi connectivity index (χ4v) is 7.64. The third kappa shape index (κ3) is 16.9. The van der Waals surface area contributed by atoms with E-state index in [9.17, 15) is 54.0 Å². The summed E-state index contributed by atoms with van der Waals surface area (Å²) in [6.45, 7) is -0.0357. The number of rotatable bonds is 25. The van der Waals surface area contributed by atoms with E-state index in [1.807, 2.05) is 0 Å². The van der Waals surface area contributed by atoms with E-state index in [4.69, 9.17) is 22.9 Å². The molecule has 0 aromatic heterocycles. The van der Waals surface area contributed by atoms with Gasteiger partial charge < -0.3 is 80.2 Å². The summed E-state index contributed by atoms with van der Waals surface area (Å²) in [7, 11) is 0. The second-order valence-electron chi connectivity index (χ2n) is 16.3. The SMILES string of the molecule is NC(N)=NCCC[C@H](NC(=O)[C@@H]1CCCN1)C(=O)N[C@@H](Cc1ccc(O)cc1)C(=O)N[C@@H](CO)C(=O)N1CCC[C@H]1C(=O)N[C@@H](CCCN=C(N)N)C(=O)N[C@@H](Cc1ccc(O)cc1)C(=O)O. The van der Waals surface area contributed by atoms with Gasteiger partial charge in [-0.1, -0.05) is 24.3 Å². The molecule has 2 aromatic carbocycles. The summed E-state index contributed by atoms with van der Waals surface area (Å²) < 4.78 is 0. The topological polar surface area (TPSA) is 405 Å². The molecule has 4 rings (SSSR count). The van der Waals surface area contributed by atoms with Crippen LogP contribution in [0.4, 0.5) is 0 Å². The van der Waals surface area contributed by atoms with E-state index in [2.05, 4.69) is 41.9 Å². The van der Waals surface area contributed by atoms with Crippen LogP contribution in [-0.2, 0) is 46.4 Å². The molecular formula is C43H63N13O11. The molecule has 0 saturated carbocycles. The lowest BCUT2D eigenvalue weighted by molar-refractivity contribution is -0.144. The van der Waals surface area contributed by atoms with Gasteiger partial charge in [-0.25, -0.2) is 4.79 Å². The Morgan fingerprint density at radius 3 is 1.60 bits per heavy atom. The number of nitrogens with zero attached hydrogens (tertiary/aromatic N) is 3. The Morgan fingerprint density at radius 1 is 0.642 bits per heavy atom. The van der Waals surface area contributed by atoms with Crippen LogP contribution in [0, 0.1) is 0 Å². The number of aromatic hydroxyl groups is 2. The quantitative estimate of drug-likeness (QED) is 0.0258. The van der Waals surface area contributed by atoms with Crippen molar-refractivity contribution < 1.29 is 54.0 Å². The smallest absolute Gasteiger partial charge is 0.326 e. The van der Waals surface area contributed by atoms with Crippen LogP contribution in [-0.4, -0.2) is 154 Å². The first kappa shape index (κ1) is 52.4. The van der Waals surface area contributed by atoms with Crippen molar-refractivity contribution in [2.24, 2.45) is 32.9 Å². The van der Waals surface area contributed by atoms with Crippen molar-refractivity contribution in [1.29, 1.82) is 0 Å². The maximum atomic E-state index is 14.1. The maximum absolute atomic E-state index is 14.1. The normalized spacial score (nSPS) is 17.7. The number of likely N-dealkylation sites (tertiary alicyclic amines) is 1. The summed E-state index contributed by atoms with van der Waals surface area (Å²) in [6, 6.07) is 2.97. The minimum absolute atomic E-state index is 0.0309. The van der Waals surface area contributed by atoms with Crippen molar-refractivity contribution in [2.75, 3.05) is 32.8 Å². The van der Waals surface area contributed by atoms with Gasteiger partial charge >= 0.3 is 5.97 Å². The van der Waals surface area contributed by atoms with E-state index in [1.165, 1.54) is 48.5 Å². The first-order valence-corrected chi connectivity index (χ1v) is 22.0. The molecule has 0 bridgehead atoms. The van der Waals surface area contributed by atoms with Crippen LogP contribution in [0.2, 0.25) is 0 Å². The highest BCUT2D eigenvalue weighted by atomic mass is 16.4. The number of carbonyl (C=O) groups excluding carboxylic acids is 6. The van der Waals surface area contributed by atoms with Crippen molar-refractivity contribution in [2.45, 2.75) is 107 Å². The zero-order valence-corrected chi connectivity index (χ0v) is 37.1. The lowest BCUT2D eigenvalue weighted by Gasteiger charge is -2.30. The maximum Gasteiger partial charge on any atom is 0.326 e. The van der Waals surface area contributed by atoms with E-state index < -0.39 is 90.3 Å². The van der Waals surface area contributed by atoms with Crippen molar-refractivity contribution >= 4 is 53.3 Å². The molecule has 366 valence electrons. The minimum atomic E-state index is -1.61. The number of amides is 6. The Hall–Kier alpha value is -7.21. The number of aliphatic hydroxyl groups excluding tert-OH is 1. The first-order chi connectivity index (χ1) is 31.9. The van der Waals surface area contributed by atoms with Gasteiger partial charge in [-0.3, -0.25) is 38.8 Å². The van der Waals surface area contributed by atoms with Gasteiger partial charge in [0.25, 0.3) is 0 Å². The van der Waals surface area contributed by atoms with Gasteiger partial charge in [0.05, 0.1) is 12.6 Å². The van der Waals surface area contributed by atoms with Crippen LogP contribution < -0.4 is 54.8 Å². The third-order valence-electron chi connectivity index (χ3n) is 11.2. The number of nitrogens with two attached hydrogens (primary N) is 4. The number of carboxylic acids is 1. The van der Waals surface area contributed by atoms with Crippen LogP contribution >= 0.6 is 0 Å². The lowest BCUT2D eigenvalue weighted by atomic mass is 10.0. The van der Waals surface area contributed by atoms with Crippen LogP contribution in [0.15, 0.2) is 58.5 Å².